The predicted molar refractivity (Wildman–Crippen MR) is 100.0 cm³/mol. The second kappa shape index (κ2) is 9.13. The molecule has 0 fully saturated rings. The van der Waals surface area contributed by atoms with Crippen LogP contribution in [0.2, 0.25) is 0 Å². The van der Waals surface area contributed by atoms with Gasteiger partial charge < -0.3 is 18.9 Å². The van der Waals surface area contributed by atoms with Crippen LogP contribution in [0.4, 0.5) is 0 Å². The summed E-state index contributed by atoms with van der Waals surface area (Å²) in [4.78, 5) is 0. The summed E-state index contributed by atoms with van der Waals surface area (Å²) in [6.45, 7) is 0. The van der Waals surface area contributed by atoms with E-state index in [0.717, 1.165) is 16.9 Å². The maximum absolute atomic E-state index is 12.3. The van der Waals surface area contributed by atoms with Crippen LogP contribution in [0.3, 0.4) is 0 Å². The average Bonchev–Trinajstić information content (AvgIpc) is 2.65. The molecule has 2 rings (SSSR count). The molecule has 1 unspecified atom stereocenters. The zero-order chi connectivity index (χ0) is 18.2. The van der Waals surface area contributed by atoms with E-state index in [2.05, 4.69) is 0 Å². The Balaban J connectivity index is 2.15. The van der Waals surface area contributed by atoms with Crippen LogP contribution in [0.5, 0.6) is 23.0 Å². The highest BCUT2D eigenvalue weighted by Gasteiger charge is 2.14. The summed E-state index contributed by atoms with van der Waals surface area (Å²) in [6, 6.07) is 11.1. The molecule has 25 heavy (non-hydrogen) atoms. The summed E-state index contributed by atoms with van der Waals surface area (Å²) >= 11 is 0. The van der Waals surface area contributed by atoms with Gasteiger partial charge in [-0.1, -0.05) is 12.1 Å². The third kappa shape index (κ3) is 4.76. The molecule has 2 aromatic carbocycles. The standard InChI is InChI=1S/C19H22O5S/c1-21-16-8-5-14(6-9-16)13-25(20)12-11-15-7-10-17(22-2)19(24-4)18(15)23-3/h5-12H,13H2,1-4H3/b12-11+. The maximum Gasteiger partial charge on any atom is 0.203 e. The van der Waals surface area contributed by atoms with E-state index >= 15 is 0 Å². The first-order valence-corrected chi connectivity index (χ1v) is 8.98. The molecule has 0 aliphatic heterocycles. The highest BCUT2D eigenvalue weighted by atomic mass is 32.2. The molecule has 0 N–H and O–H groups in total. The Hall–Kier alpha value is -2.47. The van der Waals surface area contributed by atoms with Crippen molar-refractivity contribution in [3.05, 3.63) is 52.9 Å². The van der Waals surface area contributed by atoms with Crippen LogP contribution in [-0.4, -0.2) is 32.6 Å². The number of hydrogen-bond acceptors (Lipinski definition) is 5. The minimum atomic E-state index is -1.16. The molecule has 0 aliphatic carbocycles. The molecule has 0 radical (unpaired) electrons. The summed E-state index contributed by atoms with van der Waals surface area (Å²) in [5.74, 6) is 2.83. The van der Waals surface area contributed by atoms with Crippen LogP contribution >= 0.6 is 0 Å². The molecule has 0 amide bonds. The summed E-state index contributed by atoms with van der Waals surface area (Å²) < 4.78 is 33.5. The molecular formula is C19H22O5S. The van der Waals surface area contributed by atoms with Crippen LogP contribution in [0.15, 0.2) is 41.8 Å². The fraction of sp³-hybridized carbons (Fsp3) is 0.263. The molecule has 134 valence electrons. The number of rotatable bonds is 8. The van der Waals surface area contributed by atoms with Crippen molar-refractivity contribution in [2.75, 3.05) is 28.4 Å². The van der Waals surface area contributed by atoms with Crippen molar-refractivity contribution >= 4 is 16.9 Å². The van der Waals surface area contributed by atoms with Crippen LogP contribution in [0.25, 0.3) is 6.08 Å². The van der Waals surface area contributed by atoms with Gasteiger partial charge in [-0.3, -0.25) is 4.21 Å². The Labute approximate surface area is 150 Å². The minimum Gasteiger partial charge on any atom is -0.497 e. The van der Waals surface area contributed by atoms with Gasteiger partial charge in [-0.05, 0) is 35.9 Å². The molecule has 0 saturated carbocycles. The summed E-state index contributed by atoms with van der Waals surface area (Å²) in [7, 11) is 5.14. The minimum absolute atomic E-state index is 0.427. The molecule has 0 heterocycles. The second-order valence-corrected chi connectivity index (χ2v) is 6.42. The highest BCUT2D eigenvalue weighted by molar-refractivity contribution is 7.87. The number of methoxy groups -OCH3 is 4. The van der Waals surface area contributed by atoms with Crippen molar-refractivity contribution in [2.24, 2.45) is 0 Å². The van der Waals surface area contributed by atoms with Gasteiger partial charge >= 0.3 is 0 Å². The fourth-order valence-electron chi connectivity index (χ4n) is 2.34. The van der Waals surface area contributed by atoms with E-state index in [0.29, 0.717) is 23.0 Å². The normalized spacial score (nSPS) is 12.0. The Kier molecular flexibility index (Phi) is 6.89. The lowest BCUT2D eigenvalue weighted by atomic mass is 10.1. The number of benzene rings is 2. The molecule has 0 bridgehead atoms. The van der Waals surface area contributed by atoms with Crippen molar-refractivity contribution in [1.82, 2.24) is 0 Å². The zero-order valence-electron chi connectivity index (χ0n) is 14.8. The van der Waals surface area contributed by atoms with Gasteiger partial charge in [0.05, 0.1) is 45.0 Å². The molecule has 0 aromatic heterocycles. The zero-order valence-corrected chi connectivity index (χ0v) is 15.6. The van der Waals surface area contributed by atoms with Gasteiger partial charge in [-0.2, -0.15) is 0 Å². The van der Waals surface area contributed by atoms with E-state index in [-0.39, 0.29) is 0 Å². The third-order valence-electron chi connectivity index (χ3n) is 3.60. The smallest absolute Gasteiger partial charge is 0.203 e. The SMILES string of the molecule is COc1ccc(CS(=O)/C=C/c2ccc(OC)c(OC)c2OC)cc1. The molecule has 5 nitrogen and oxygen atoms in total. The quantitative estimate of drug-likeness (QED) is 0.718. The van der Waals surface area contributed by atoms with Crippen LogP contribution in [0.1, 0.15) is 11.1 Å². The van der Waals surface area contributed by atoms with E-state index < -0.39 is 10.8 Å². The second-order valence-electron chi connectivity index (χ2n) is 5.10. The van der Waals surface area contributed by atoms with Gasteiger partial charge in [-0.15, -0.1) is 0 Å². The molecule has 0 saturated heterocycles. The molecule has 0 spiro atoms. The Bertz CT molecular complexity index is 753. The van der Waals surface area contributed by atoms with E-state index in [1.807, 2.05) is 30.3 Å². The Morgan fingerprint density at radius 2 is 1.52 bits per heavy atom. The van der Waals surface area contributed by atoms with Crippen LogP contribution in [0, 0.1) is 0 Å². The highest BCUT2D eigenvalue weighted by Crippen LogP contribution is 2.40. The topological polar surface area (TPSA) is 54.0 Å². The summed E-state index contributed by atoms with van der Waals surface area (Å²) in [5.41, 5.74) is 1.74. The van der Waals surface area contributed by atoms with Crippen molar-refractivity contribution in [2.45, 2.75) is 5.75 Å². The molecule has 1 atom stereocenters. The summed E-state index contributed by atoms with van der Waals surface area (Å²) in [5, 5.41) is 1.65. The number of hydrogen-bond donors (Lipinski definition) is 0. The van der Waals surface area contributed by atoms with Crippen molar-refractivity contribution in [3.8, 4) is 23.0 Å². The lowest BCUT2D eigenvalue weighted by Crippen LogP contribution is -1.97. The van der Waals surface area contributed by atoms with Gasteiger partial charge in [0, 0.05) is 11.0 Å². The van der Waals surface area contributed by atoms with Crippen LogP contribution in [-0.2, 0) is 16.6 Å². The van der Waals surface area contributed by atoms with Crippen LogP contribution < -0.4 is 18.9 Å². The molecule has 6 heteroatoms. The first kappa shape index (κ1) is 18.9. The van der Waals surface area contributed by atoms with Crippen molar-refractivity contribution < 1.29 is 23.2 Å². The van der Waals surface area contributed by atoms with E-state index in [1.165, 1.54) is 0 Å². The fourth-order valence-corrected chi connectivity index (χ4v) is 3.25. The van der Waals surface area contributed by atoms with E-state index in [9.17, 15) is 4.21 Å². The van der Waals surface area contributed by atoms with Gasteiger partial charge in [0.2, 0.25) is 5.75 Å². The van der Waals surface area contributed by atoms with E-state index in [1.54, 1.807) is 46.0 Å². The molecule has 2 aromatic rings. The Morgan fingerprint density at radius 1 is 0.840 bits per heavy atom. The van der Waals surface area contributed by atoms with Gasteiger partial charge in [-0.25, -0.2) is 0 Å². The summed E-state index contributed by atoms with van der Waals surface area (Å²) in [6.07, 6.45) is 1.76. The Morgan fingerprint density at radius 3 is 2.08 bits per heavy atom. The van der Waals surface area contributed by atoms with Gasteiger partial charge in [0.25, 0.3) is 0 Å². The lowest BCUT2D eigenvalue weighted by Gasteiger charge is -2.13. The largest absolute Gasteiger partial charge is 0.497 e. The third-order valence-corrected chi connectivity index (χ3v) is 4.66. The van der Waals surface area contributed by atoms with Gasteiger partial charge in [0.15, 0.2) is 11.5 Å². The molecule has 0 aliphatic rings. The first-order valence-electron chi connectivity index (χ1n) is 7.60. The first-order chi connectivity index (χ1) is 12.1. The van der Waals surface area contributed by atoms with Crippen molar-refractivity contribution in [3.63, 3.8) is 0 Å². The van der Waals surface area contributed by atoms with Crippen molar-refractivity contribution in [1.29, 1.82) is 0 Å². The predicted octanol–water partition coefficient (Wildman–Crippen LogP) is 3.64. The molecular weight excluding hydrogens is 340 g/mol. The maximum atomic E-state index is 12.3. The average molecular weight is 362 g/mol. The monoisotopic (exact) mass is 362 g/mol. The van der Waals surface area contributed by atoms with Gasteiger partial charge in [0.1, 0.15) is 5.75 Å². The number of ether oxygens (including phenoxy) is 4. The van der Waals surface area contributed by atoms with E-state index in [4.69, 9.17) is 18.9 Å². The lowest BCUT2D eigenvalue weighted by molar-refractivity contribution is 0.324.